The minimum Gasteiger partial charge on any atom is -0.490 e. The molecule has 5 aliphatic rings. The number of rotatable bonds is 3. The average molecular weight is 712 g/mol. The van der Waals surface area contributed by atoms with Gasteiger partial charge in [0.05, 0.1) is 23.1 Å². The van der Waals surface area contributed by atoms with Crippen molar-refractivity contribution in [1.82, 2.24) is 9.62 Å². The second-order valence-corrected chi connectivity index (χ2v) is 18.5. The molecule has 3 aliphatic heterocycles. The fourth-order valence-electron chi connectivity index (χ4n) is 9.62. The molecule has 2 aliphatic carbocycles. The van der Waals surface area contributed by atoms with Crippen molar-refractivity contribution in [2.45, 2.75) is 107 Å². The molecule has 8 nitrogen and oxygen atoms in total. The summed E-state index contributed by atoms with van der Waals surface area (Å²) < 4.78 is 36.0. The van der Waals surface area contributed by atoms with E-state index in [1.807, 2.05) is 25.1 Å². The molecular weight excluding hydrogens is 658 g/mol. The van der Waals surface area contributed by atoms with Gasteiger partial charge in [-0.3, -0.25) is 4.79 Å². The summed E-state index contributed by atoms with van der Waals surface area (Å²) in [5.74, 6) is 0.386. The van der Waals surface area contributed by atoms with E-state index in [1.54, 1.807) is 13.0 Å². The predicted molar refractivity (Wildman–Crippen MR) is 195 cm³/mol. The van der Waals surface area contributed by atoms with Crippen LogP contribution in [0.2, 0.25) is 5.02 Å². The first kappa shape index (κ1) is 35.1. The number of carbonyl (C=O) groups is 1. The third-order valence-electron chi connectivity index (χ3n) is 13.0. The Morgan fingerprint density at radius 3 is 2.59 bits per heavy atom. The van der Waals surface area contributed by atoms with E-state index in [0.29, 0.717) is 43.2 Å². The van der Waals surface area contributed by atoms with Crippen molar-refractivity contribution >= 4 is 33.2 Å². The number of fused-ring (bicyclic) bond motifs is 4. The monoisotopic (exact) mass is 711 g/mol. The maximum Gasteiger partial charge on any atom is 0.264 e. The molecule has 2 N–H and O–H groups in total. The molecule has 10 heteroatoms. The van der Waals surface area contributed by atoms with Gasteiger partial charge in [0.1, 0.15) is 5.75 Å². The van der Waals surface area contributed by atoms with E-state index in [2.05, 4.69) is 26.7 Å². The van der Waals surface area contributed by atoms with Crippen LogP contribution in [-0.4, -0.2) is 74.5 Å². The van der Waals surface area contributed by atoms with Crippen molar-refractivity contribution < 1.29 is 23.1 Å². The van der Waals surface area contributed by atoms with Crippen molar-refractivity contribution in [3.63, 3.8) is 0 Å². The van der Waals surface area contributed by atoms with E-state index in [0.717, 1.165) is 81.8 Å². The van der Waals surface area contributed by atoms with Gasteiger partial charge in [0, 0.05) is 35.6 Å². The number of hydrogen-bond acceptors (Lipinski definition) is 7. The molecule has 2 aromatic carbocycles. The Hall–Kier alpha value is -2.33. The van der Waals surface area contributed by atoms with Gasteiger partial charge >= 0.3 is 0 Å². The van der Waals surface area contributed by atoms with Gasteiger partial charge in [0.25, 0.3) is 5.91 Å². The summed E-state index contributed by atoms with van der Waals surface area (Å²) >= 11 is 6.47. The van der Waals surface area contributed by atoms with Crippen LogP contribution in [0.5, 0.6) is 5.75 Å². The van der Waals surface area contributed by atoms with Gasteiger partial charge < -0.3 is 19.6 Å². The maximum atomic E-state index is 13.6. The van der Waals surface area contributed by atoms with E-state index >= 15 is 0 Å². The first-order valence-corrected chi connectivity index (χ1v) is 20.7. The first-order valence-electron chi connectivity index (χ1n) is 18.8. The van der Waals surface area contributed by atoms with Crippen LogP contribution >= 0.6 is 11.6 Å². The van der Waals surface area contributed by atoms with Crippen LogP contribution in [0.25, 0.3) is 0 Å². The molecule has 1 spiro atoms. The van der Waals surface area contributed by atoms with Crippen LogP contribution in [0, 0.1) is 17.8 Å². The van der Waals surface area contributed by atoms with E-state index in [1.165, 1.54) is 30.4 Å². The Morgan fingerprint density at radius 2 is 1.82 bits per heavy atom. The van der Waals surface area contributed by atoms with Crippen molar-refractivity contribution in [3.8, 4) is 5.75 Å². The molecule has 1 saturated carbocycles. The molecule has 7 rings (SSSR count). The molecule has 0 unspecified atom stereocenters. The normalized spacial score (nSPS) is 33.7. The van der Waals surface area contributed by atoms with Crippen molar-refractivity contribution in [2.75, 3.05) is 44.2 Å². The van der Waals surface area contributed by atoms with E-state index < -0.39 is 26.8 Å². The largest absolute Gasteiger partial charge is 0.490 e. The number of hydrogen-bond donors (Lipinski definition) is 2. The second kappa shape index (κ2) is 14.0. The molecule has 49 heavy (non-hydrogen) atoms. The van der Waals surface area contributed by atoms with Crippen LogP contribution < -0.4 is 14.4 Å². The highest BCUT2D eigenvalue weighted by molar-refractivity contribution is 7.90. The number of benzene rings is 2. The minimum atomic E-state index is -3.92. The topological polar surface area (TPSA) is 99.2 Å². The number of aliphatic hydroxyl groups is 1. The van der Waals surface area contributed by atoms with Crippen LogP contribution in [0.4, 0.5) is 5.69 Å². The van der Waals surface area contributed by atoms with E-state index in [9.17, 15) is 18.3 Å². The molecule has 2 bridgehead atoms. The summed E-state index contributed by atoms with van der Waals surface area (Å²) in [4.78, 5) is 18.5. The van der Waals surface area contributed by atoms with Crippen LogP contribution in [0.1, 0.15) is 106 Å². The number of piperidine rings is 1. The van der Waals surface area contributed by atoms with Crippen LogP contribution in [-0.2, 0) is 21.9 Å². The lowest BCUT2D eigenvalue weighted by Gasteiger charge is -2.51. The molecule has 268 valence electrons. The number of amides is 1. The van der Waals surface area contributed by atoms with Gasteiger partial charge in [0.15, 0.2) is 0 Å². The number of carbonyl (C=O) groups excluding carboxylic acids is 1. The predicted octanol–water partition coefficient (Wildman–Crippen LogP) is 6.71. The zero-order valence-electron chi connectivity index (χ0n) is 29.3. The smallest absolute Gasteiger partial charge is 0.264 e. The van der Waals surface area contributed by atoms with Gasteiger partial charge in [-0.1, -0.05) is 37.4 Å². The first-order chi connectivity index (χ1) is 23.5. The third-order valence-corrected chi connectivity index (χ3v) is 15.1. The molecular formula is C39H54ClN3O5S. The van der Waals surface area contributed by atoms with Crippen molar-refractivity contribution in [3.05, 3.63) is 58.1 Å². The lowest BCUT2D eigenvalue weighted by Crippen LogP contribution is -2.54. The molecule has 0 radical (unpaired) electrons. The van der Waals surface area contributed by atoms with Crippen LogP contribution in [0.15, 0.2) is 36.4 Å². The van der Waals surface area contributed by atoms with Crippen LogP contribution in [0.3, 0.4) is 0 Å². The summed E-state index contributed by atoms with van der Waals surface area (Å²) in [5, 5.41) is 12.7. The Morgan fingerprint density at radius 1 is 1.00 bits per heavy atom. The highest BCUT2D eigenvalue weighted by Gasteiger charge is 2.49. The van der Waals surface area contributed by atoms with Gasteiger partial charge in [-0.15, -0.1) is 0 Å². The summed E-state index contributed by atoms with van der Waals surface area (Å²) in [6.45, 7) is 8.70. The maximum absolute atomic E-state index is 13.6. The molecule has 6 atom stereocenters. The van der Waals surface area contributed by atoms with Crippen molar-refractivity contribution in [2.24, 2.45) is 17.8 Å². The fraction of sp³-hybridized carbons (Fsp3) is 0.667. The van der Waals surface area contributed by atoms with Gasteiger partial charge in [-0.2, -0.15) is 0 Å². The molecule has 2 fully saturated rings. The summed E-state index contributed by atoms with van der Waals surface area (Å²) in [6.07, 6.45) is 11.6. The lowest BCUT2D eigenvalue weighted by molar-refractivity contribution is -0.0980. The summed E-state index contributed by atoms with van der Waals surface area (Å²) in [7, 11) is -3.92. The molecule has 0 aromatic heterocycles. The summed E-state index contributed by atoms with van der Waals surface area (Å²) in [5.41, 5.74) is 2.59. The Kier molecular flexibility index (Phi) is 10.0. The number of ether oxygens (including phenoxy) is 1. The number of halogens is 1. The third kappa shape index (κ3) is 7.11. The van der Waals surface area contributed by atoms with E-state index in [-0.39, 0.29) is 17.3 Å². The number of nitrogens with one attached hydrogen (secondary N) is 1. The average Bonchev–Trinajstić information content (AvgIpc) is 3.22. The van der Waals surface area contributed by atoms with E-state index in [4.69, 9.17) is 16.3 Å². The highest BCUT2D eigenvalue weighted by atomic mass is 35.5. The zero-order chi connectivity index (χ0) is 34.4. The number of nitrogens with zero attached hydrogens (tertiary/aromatic N) is 2. The SMILES string of the molecule is C[C@@H]1[C@@H](C)CCC[C@](O)(CCN2CCCCC2)[C@@H]2CC[C@H]2CN2C[C@@]3(CCCc4cc(Cl)ccc43)COc3ccc(cc32)C(=O)NS1(=O)=O. The Balaban J connectivity index is 1.27. The Labute approximate surface area is 298 Å². The number of likely N-dealkylation sites (tertiary alicyclic amines) is 1. The second-order valence-electron chi connectivity index (χ2n) is 16.0. The number of anilines is 1. The standard InChI is InChI=1S/C39H54ClN3O5S/c1-27-8-6-17-39(45,18-21-42-19-4-3-5-20-42)34-13-10-31(34)24-43-25-38(16-7-9-29-22-32(40)12-14-33(29)38)26-48-36-15-11-30(23-35(36)43)37(44)41-49(46,47)28(27)2/h11-12,14-15,22-23,27-28,31,34,45H,3-10,13,16-21,24-26H2,1-2H3,(H,41,44)/t27-,28+,31-,34+,38-,39-/m0/s1. The number of sulfonamides is 1. The molecule has 3 heterocycles. The van der Waals surface area contributed by atoms with Gasteiger partial charge in [-0.05, 0) is 143 Å². The lowest BCUT2D eigenvalue weighted by atomic mass is 9.62. The van der Waals surface area contributed by atoms with Gasteiger partial charge in [0.2, 0.25) is 10.0 Å². The molecule has 2 aromatic rings. The Bertz CT molecular complexity index is 1650. The van der Waals surface area contributed by atoms with Crippen molar-refractivity contribution in [1.29, 1.82) is 0 Å². The van der Waals surface area contributed by atoms with Gasteiger partial charge in [-0.25, -0.2) is 13.1 Å². The quantitative estimate of drug-likeness (QED) is 0.365. The molecule has 1 amide bonds. The highest BCUT2D eigenvalue weighted by Crippen LogP contribution is 2.50. The zero-order valence-corrected chi connectivity index (χ0v) is 30.8. The molecule has 1 saturated heterocycles. The number of aryl methyl sites for hydroxylation is 1. The fourth-order valence-corrected chi connectivity index (χ4v) is 11.1. The summed E-state index contributed by atoms with van der Waals surface area (Å²) in [6, 6.07) is 11.6. The minimum absolute atomic E-state index is 0.161.